The van der Waals surface area contributed by atoms with Crippen molar-refractivity contribution in [1.29, 1.82) is 0 Å². The summed E-state index contributed by atoms with van der Waals surface area (Å²) in [6.45, 7) is 6.27. The summed E-state index contributed by atoms with van der Waals surface area (Å²) < 4.78 is 27.7. The molecule has 0 aromatic heterocycles. The van der Waals surface area contributed by atoms with Gasteiger partial charge in [0.05, 0.1) is 4.90 Å². The summed E-state index contributed by atoms with van der Waals surface area (Å²) in [5.41, 5.74) is 4.00. The molecule has 1 saturated heterocycles. The zero-order valence-electron chi connectivity index (χ0n) is 19.3. The Morgan fingerprint density at radius 3 is 2.09 bits per heavy atom. The minimum atomic E-state index is -3.58. The van der Waals surface area contributed by atoms with Crippen LogP contribution in [0.5, 0.6) is 0 Å². The fourth-order valence-corrected chi connectivity index (χ4v) is 5.92. The van der Waals surface area contributed by atoms with Crippen molar-refractivity contribution >= 4 is 33.2 Å². The molecule has 33 heavy (non-hydrogen) atoms. The monoisotopic (exact) mass is 469 g/mol. The molecule has 1 saturated carbocycles. The van der Waals surface area contributed by atoms with Crippen LogP contribution < -0.4 is 10.6 Å². The summed E-state index contributed by atoms with van der Waals surface area (Å²) in [4.78, 5) is 25.3. The molecule has 0 spiro atoms. The first-order chi connectivity index (χ1) is 15.6. The van der Waals surface area contributed by atoms with E-state index >= 15 is 0 Å². The number of aryl methyl sites for hydroxylation is 3. The van der Waals surface area contributed by atoms with E-state index < -0.39 is 10.0 Å². The van der Waals surface area contributed by atoms with Crippen molar-refractivity contribution in [2.75, 3.05) is 23.7 Å². The molecule has 0 radical (unpaired) electrons. The molecule has 0 unspecified atom stereocenters. The Morgan fingerprint density at radius 2 is 1.45 bits per heavy atom. The normalized spacial score (nSPS) is 17.5. The molecule has 2 aromatic rings. The van der Waals surface area contributed by atoms with E-state index in [4.69, 9.17) is 0 Å². The third kappa shape index (κ3) is 5.28. The number of hydrogen-bond donors (Lipinski definition) is 2. The molecular formula is C25H31N3O4S. The molecule has 1 aliphatic heterocycles. The van der Waals surface area contributed by atoms with Gasteiger partial charge in [0.2, 0.25) is 21.8 Å². The SMILES string of the molecule is Cc1ccc(S(=O)(=O)N2CCC(C(=O)Nc3cc(NC(=O)C4CC4)ccc3C)CC2)c(C)c1. The van der Waals surface area contributed by atoms with Gasteiger partial charge in [-0.1, -0.05) is 23.8 Å². The third-order valence-electron chi connectivity index (χ3n) is 6.48. The van der Waals surface area contributed by atoms with Crippen molar-refractivity contribution in [3.05, 3.63) is 53.1 Å². The van der Waals surface area contributed by atoms with Gasteiger partial charge in [-0.25, -0.2) is 8.42 Å². The number of sulfonamides is 1. The highest BCUT2D eigenvalue weighted by atomic mass is 32.2. The van der Waals surface area contributed by atoms with Gasteiger partial charge < -0.3 is 10.6 Å². The first kappa shape index (κ1) is 23.4. The first-order valence-electron chi connectivity index (χ1n) is 11.4. The number of hydrogen-bond acceptors (Lipinski definition) is 4. The number of piperidine rings is 1. The van der Waals surface area contributed by atoms with E-state index in [1.165, 1.54) is 4.31 Å². The molecule has 0 atom stereocenters. The van der Waals surface area contributed by atoms with E-state index in [1.807, 2.05) is 45.0 Å². The van der Waals surface area contributed by atoms with E-state index in [9.17, 15) is 18.0 Å². The molecule has 1 heterocycles. The van der Waals surface area contributed by atoms with Gasteiger partial charge in [0.25, 0.3) is 0 Å². The molecular weight excluding hydrogens is 438 g/mol. The predicted octanol–water partition coefficient (Wildman–Crippen LogP) is 4.00. The zero-order valence-corrected chi connectivity index (χ0v) is 20.2. The Bertz CT molecular complexity index is 1180. The Morgan fingerprint density at radius 1 is 0.818 bits per heavy atom. The number of amides is 2. The van der Waals surface area contributed by atoms with Crippen LogP contribution in [0.2, 0.25) is 0 Å². The summed E-state index contributed by atoms with van der Waals surface area (Å²) in [6, 6.07) is 10.8. The van der Waals surface area contributed by atoms with Gasteiger partial charge in [0, 0.05) is 36.3 Å². The van der Waals surface area contributed by atoms with Crippen LogP contribution in [0.1, 0.15) is 42.4 Å². The van der Waals surface area contributed by atoms with Crippen molar-refractivity contribution < 1.29 is 18.0 Å². The maximum absolute atomic E-state index is 13.1. The number of benzene rings is 2. The largest absolute Gasteiger partial charge is 0.326 e. The maximum atomic E-state index is 13.1. The number of nitrogens with one attached hydrogen (secondary N) is 2. The number of nitrogens with zero attached hydrogens (tertiary/aromatic N) is 1. The topological polar surface area (TPSA) is 95.6 Å². The van der Waals surface area contributed by atoms with Crippen LogP contribution in [-0.4, -0.2) is 37.6 Å². The molecule has 0 bridgehead atoms. The van der Waals surface area contributed by atoms with Crippen LogP contribution in [0, 0.1) is 32.6 Å². The van der Waals surface area contributed by atoms with Crippen molar-refractivity contribution in [2.45, 2.75) is 51.3 Å². The van der Waals surface area contributed by atoms with Crippen molar-refractivity contribution in [1.82, 2.24) is 4.31 Å². The summed E-state index contributed by atoms with van der Waals surface area (Å²) in [7, 11) is -3.58. The van der Waals surface area contributed by atoms with Crippen molar-refractivity contribution in [3.8, 4) is 0 Å². The molecule has 8 heteroatoms. The average molecular weight is 470 g/mol. The lowest BCUT2D eigenvalue weighted by Crippen LogP contribution is -2.41. The summed E-state index contributed by atoms with van der Waals surface area (Å²) in [6.07, 6.45) is 2.79. The van der Waals surface area contributed by atoms with Gasteiger partial charge in [-0.2, -0.15) is 4.31 Å². The lowest BCUT2D eigenvalue weighted by Gasteiger charge is -2.31. The van der Waals surface area contributed by atoms with E-state index in [1.54, 1.807) is 12.1 Å². The highest BCUT2D eigenvalue weighted by Crippen LogP contribution is 2.31. The summed E-state index contributed by atoms with van der Waals surface area (Å²) >= 11 is 0. The van der Waals surface area contributed by atoms with Crippen LogP contribution >= 0.6 is 0 Å². The number of carbonyl (C=O) groups excluding carboxylic acids is 2. The second-order valence-electron chi connectivity index (χ2n) is 9.23. The second kappa shape index (κ2) is 9.27. The number of carbonyl (C=O) groups is 2. The standard InChI is InChI=1S/C25H31N3O4S/c1-16-4-9-23(18(3)14-16)33(31,32)28-12-10-20(11-13-28)25(30)27-22-15-21(8-5-17(22)2)26-24(29)19-6-7-19/h4-5,8-9,14-15,19-20H,6-7,10-13H2,1-3H3,(H,26,29)(H,27,30). The molecule has 2 aliphatic rings. The van der Waals surface area contributed by atoms with Gasteiger partial charge in [-0.15, -0.1) is 0 Å². The lowest BCUT2D eigenvalue weighted by atomic mass is 9.97. The number of anilines is 2. The fourth-order valence-electron chi connectivity index (χ4n) is 4.25. The Labute approximate surface area is 195 Å². The van der Waals surface area contributed by atoms with Crippen molar-refractivity contribution in [2.24, 2.45) is 11.8 Å². The summed E-state index contributed by atoms with van der Waals surface area (Å²) in [5, 5.41) is 5.89. The maximum Gasteiger partial charge on any atom is 0.243 e. The Hall–Kier alpha value is -2.71. The molecule has 4 rings (SSSR count). The van der Waals surface area contributed by atoms with Crippen molar-refractivity contribution in [3.63, 3.8) is 0 Å². The predicted molar refractivity (Wildman–Crippen MR) is 129 cm³/mol. The van der Waals surface area contributed by atoms with Crippen LogP contribution in [0.15, 0.2) is 41.3 Å². The van der Waals surface area contributed by atoms with Crippen LogP contribution in [0.3, 0.4) is 0 Å². The minimum absolute atomic E-state index is 0.0218. The van der Waals surface area contributed by atoms with E-state index in [0.29, 0.717) is 42.2 Å². The Kier molecular flexibility index (Phi) is 6.59. The van der Waals surface area contributed by atoms with Crippen LogP contribution in [0.25, 0.3) is 0 Å². The molecule has 1 aliphatic carbocycles. The molecule has 2 fully saturated rings. The van der Waals surface area contributed by atoms with E-state index in [0.717, 1.165) is 29.5 Å². The van der Waals surface area contributed by atoms with Gasteiger partial charge in [-0.3, -0.25) is 9.59 Å². The highest BCUT2D eigenvalue weighted by Gasteiger charge is 2.33. The molecule has 2 amide bonds. The highest BCUT2D eigenvalue weighted by molar-refractivity contribution is 7.89. The van der Waals surface area contributed by atoms with Gasteiger partial charge >= 0.3 is 0 Å². The molecule has 2 N–H and O–H groups in total. The van der Waals surface area contributed by atoms with Crippen LogP contribution in [0.4, 0.5) is 11.4 Å². The number of rotatable bonds is 6. The molecule has 2 aromatic carbocycles. The first-order valence-corrected chi connectivity index (χ1v) is 12.9. The van der Waals surface area contributed by atoms with Gasteiger partial charge in [0.1, 0.15) is 0 Å². The van der Waals surface area contributed by atoms with Gasteiger partial charge in [0.15, 0.2) is 0 Å². The Balaban J connectivity index is 1.38. The molecule has 7 nitrogen and oxygen atoms in total. The van der Waals surface area contributed by atoms with E-state index in [2.05, 4.69) is 10.6 Å². The quantitative estimate of drug-likeness (QED) is 0.668. The molecule has 176 valence electrons. The van der Waals surface area contributed by atoms with Gasteiger partial charge in [-0.05, 0) is 75.8 Å². The second-order valence-corrected chi connectivity index (χ2v) is 11.1. The third-order valence-corrected chi connectivity index (χ3v) is 8.54. The summed E-state index contributed by atoms with van der Waals surface area (Å²) in [5.74, 6) is -0.255. The average Bonchev–Trinajstić information content (AvgIpc) is 3.61. The smallest absolute Gasteiger partial charge is 0.243 e. The zero-order chi connectivity index (χ0) is 23.8. The van der Waals surface area contributed by atoms with Crippen LogP contribution in [-0.2, 0) is 19.6 Å². The minimum Gasteiger partial charge on any atom is -0.326 e. The lowest BCUT2D eigenvalue weighted by molar-refractivity contribution is -0.121. The van der Waals surface area contributed by atoms with E-state index in [-0.39, 0.29) is 23.7 Å². The fraction of sp³-hybridized carbons (Fsp3) is 0.440.